The van der Waals surface area contributed by atoms with Crippen molar-refractivity contribution in [3.63, 3.8) is 0 Å². The molecule has 0 atom stereocenters. The molecule has 0 aliphatic heterocycles. The van der Waals surface area contributed by atoms with Gasteiger partial charge >= 0.3 is 6.18 Å². The molecule has 1 aliphatic carbocycles. The molecule has 2 nitrogen and oxygen atoms in total. The summed E-state index contributed by atoms with van der Waals surface area (Å²) in [7, 11) is 2.88. The highest BCUT2D eigenvalue weighted by Crippen LogP contribution is 2.47. The van der Waals surface area contributed by atoms with Crippen LogP contribution in [0.5, 0.6) is 11.5 Å². The molecule has 0 fully saturated rings. The second kappa shape index (κ2) is 8.65. The van der Waals surface area contributed by atoms with Crippen molar-refractivity contribution < 1.29 is 22.6 Å². The van der Waals surface area contributed by atoms with Crippen molar-refractivity contribution in [2.45, 2.75) is 38.3 Å². The van der Waals surface area contributed by atoms with E-state index >= 15 is 0 Å². The van der Waals surface area contributed by atoms with E-state index in [1.807, 2.05) is 6.08 Å². The molecule has 0 bridgehead atoms. The molecule has 25 heavy (non-hydrogen) atoms. The SMILES string of the molecule is COc1cc2c(cc1OC)/C(=C\CCCCCCCl)C=C2C(F)(F)F. The van der Waals surface area contributed by atoms with Crippen molar-refractivity contribution in [3.8, 4) is 11.5 Å². The van der Waals surface area contributed by atoms with Crippen LogP contribution in [0.15, 0.2) is 24.3 Å². The van der Waals surface area contributed by atoms with Crippen molar-refractivity contribution in [3.05, 3.63) is 35.4 Å². The number of benzene rings is 1. The Morgan fingerprint density at radius 2 is 1.56 bits per heavy atom. The zero-order chi connectivity index (χ0) is 18.4. The molecule has 1 aromatic carbocycles. The van der Waals surface area contributed by atoms with E-state index in [4.69, 9.17) is 21.1 Å². The summed E-state index contributed by atoms with van der Waals surface area (Å²) in [5, 5.41) is 0. The van der Waals surface area contributed by atoms with Crippen LogP contribution < -0.4 is 9.47 Å². The lowest BCUT2D eigenvalue weighted by molar-refractivity contribution is -0.0687. The minimum Gasteiger partial charge on any atom is -0.493 e. The Balaban J connectivity index is 2.29. The zero-order valence-electron chi connectivity index (χ0n) is 14.4. The van der Waals surface area contributed by atoms with Gasteiger partial charge in [0.15, 0.2) is 11.5 Å². The van der Waals surface area contributed by atoms with Crippen LogP contribution in [-0.4, -0.2) is 26.3 Å². The maximum Gasteiger partial charge on any atom is 0.417 e. The fraction of sp³-hybridized carbons (Fsp3) is 0.474. The third kappa shape index (κ3) is 4.72. The molecular formula is C19H22ClF3O2. The van der Waals surface area contributed by atoms with Crippen LogP contribution in [0.4, 0.5) is 13.2 Å². The van der Waals surface area contributed by atoms with E-state index in [0.717, 1.165) is 32.1 Å². The molecule has 2 rings (SSSR count). The molecule has 138 valence electrons. The first-order valence-corrected chi connectivity index (χ1v) is 8.77. The van der Waals surface area contributed by atoms with Gasteiger partial charge in [0, 0.05) is 5.88 Å². The van der Waals surface area contributed by atoms with Gasteiger partial charge in [0.1, 0.15) is 0 Å². The summed E-state index contributed by atoms with van der Waals surface area (Å²) in [5.74, 6) is 1.36. The molecule has 0 saturated carbocycles. The number of fused-ring (bicyclic) bond motifs is 1. The van der Waals surface area contributed by atoms with E-state index in [-0.39, 0.29) is 5.56 Å². The predicted molar refractivity (Wildman–Crippen MR) is 95.4 cm³/mol. The molecule has 1 aliphatic rings. The second-order valence-electron chi connectivity index (χ2n) is 5.86. The monoisotopic (exact) mass is 374 g/mol. The molecule has 0 radical (unpaired) electrons. The standard InChI is InChI=1S/C19H22ClF3O2/c1-24-17-11-14-13(8-6-4-3-5-7-9-20)10-16(19(21,22)23)15(14)12-18(17)25-2/h8,10-12H,3-7,9H2,1-2H3/b13-8-. The number of alkyl halides is 4. The topological polar surface area (TPSA) is 18.5 Å². The highest BCUT2D eigenvalue weighted by molar-refractivity contribution is 6.17. The molecule has 0 unspecified atom stereocenters. The molecule has 0 saturated heterocycles. The maximum absolute atomic E-state index is 13.4. The van der Waals surface area contributed by atoms with E-state index < -0.39 is 11.7 Å². The van der Waals surface area contributed by atoms with Crippen molar-refractivity contribution in [1.29, 1.82) is 0 Å². The summed E-state index contributed by atoms with van der Waals surface area (Å²) >= 11 is 5.64. The Morgan fingerprint density at radius 1 is 0.960 bits per heavy atom. The van der Waals surface area contributed by atoms with E-state index in [9.17, 15) is 13.2 Å². The highest BCUT2D eigenvalue weighted by Gasteiger charge is 2.39. The Labute approximate surface area is 151 Å². The Bertz CT molecular complexity index is 663. The molecule has 0 N–H and O–H groups in total. The van der Waals surface area contributed by atoms with Gasteiger partial charge in [0.25, 0.3) is 0 Å². The van der Waals surface area contributed by atoms with Crippen molar-refractivity contribution in [2.24, 2.45) is 0 Å². The lowest BCUT2D eigenvalue weighted by Crippen LogP contribution is -2.09. The number of hydrogen-bond acceptors (Lipinski definition) is 2. The zero-order valence-corrected chi connectivity index (χ0v) is 15.1. The minimum atomic E-state index is -4.41. The quantitative estimate of drug-likeness (QED) is 0.396. The van der Waals surface area contributed by atoms with Gasteiger partial charge in [-0.15, -0.1) is 11.6 Å². The molecule has 1 aromatic rings. The van der Waals surface area contributed by atoms with E-state index in [2.05, 4.69) is 0 Å². The highest BCUT2D eigenvalue weighted by atomic mass is 35.5. The fourth-order valence-corrected chi connectivity index (χ4v) is 3.09. The summed E-state index contributed by atoms with van der Waals surface area (Å²) in [4.78, 5) is 0. The van der Waals surface area contributed by atoms with Crippen molar-refractivity contribution in [1.82, 2.24) is 0 Å². The summed E-state index contributed by atoms with van der Waals surface area (Å²) in [6, 6.07) is 3.01. The predicted octanol–water partition coefficient (Wildman–Crippen LogP) is 6.24. The van der Waals surface area contributed by atoms with E-state index in [1.54, 1.807) is 6.07 Å². The molecule has 0 amide bonds. The Morgan fingerprint density at radius 3 is 2.12 bits per heavy atom. The van der Waals surface area contributed by atoms with Crippen LogP contribution >= 0.6 is 11.6 Å². The molecule has 0 heterocycles. The maximum atomic E-state index is 13.4. The first kappa shape index (κ1) is 19.7. The number of unbranched alkanes of at least 4 members (excludes halogenated alkanes) is 4. The van der Waals surface area contributed by atoms with Crippen LogP contribution in [0.3, 0.4) is 0 Å². The van der Waals surface area contributed by atoms with Gasteiger partial charge < -0.3 is 9.47 Å². The third-order valence-electron chi connectivity index (χ3n) is 4.18. The molecule has 0 aromatic heterocycles. The average molecular weight is 375 g/mol. The number of halogens is 4. The second-order valence-corrected chi connectivity index (χ2v) is 6.24. The van der Waals surface area contributed by atoms with E-state index in [1.165, 1.54) is 26.4 Å². The Hall–Kier alpha value is -1.62. The van der Waals surface area contributed by atoms with Crippen LogP contribution in [0.1, 0.15) is 43.2 Å². The summed E-state index contributed by atoms with van der Waals surface area (Å²) in [5.41, 5.74) is 0.613. The summed E-state index contributed by atoms with van der Waals surface area (Å²) < 4.78 is 50.5. The fourth-order valence-electron chi connectivity index (χ4n) is 2.91. The van der Waals surface area contributed by atoms with Gasteiger partial charge in [-0.2, -0.15) is 13.2 Å². The third-order valence-corrected chi connectivity index (χ3v) is 4.45. The molecule has 6 heteroatoms. The number of allylic oxidation sites excluding steroid dienone is 4. The van der Waals surface area contributed by atoms with Gasteiger partial charge in [-0.3, -0.25) is 0 Å². The van der Waals surface area contributed by atoms with Crippen LogP contribution in [0.2, 0.25) is 0 Å². The summed E-state index contributed by atoms with van der Waals surface area (Å²) in [6.45, 7) is 0. The first-order chi connectivity index (χ1) is 11.9. The lowest BCUT2D eigenvalue weighted by atomic mass is 10.0. The number of methoxy groups -OCH3 is 2. The van der Waals surface area contributed by atoms with Crippen LogP contribution in [0, 0.1) is 0 Å². The smallest absolute Gasteiger partial charge is 0.417 e. The van der Waals surface area contributed by atoms with Gasteiger partial charge in [-0.05, 0) is 54.2 Å². The van der Waals surface area contributed by atoms with Crippen LogP contribution in [-0.2, 0) is 0 Å². The average Bonchev–Trinajstić information content (AvgIpc) is 2.94. The van der Waals surface area contributed by atoms with Gasteiger partial charge in [-0.1, -0.05) is 18.9 Å². The number of rotatable bonds is 8. The Kier molecular flexibility index (Phi) is 6.82. The molecule has 0 spiro atoms. The number of hydrogen-bond donors (Lipinski definition) is 0. The minimum absolute atomic E-state index is 0.138. The largest absolute Gasteiger partial charge is 0.493 e. The first-order valence-electron chi connectivity index (χ1n) is 8.24. The van der Waals surface area contributed by atoms with E-state index in [0.29, 0.717) is 28.5 Å². The van der Waals surface area contributed by atoms with Crippen molar-refractivity contribution >= 4 is 22.7 Å². The lowest BCUT2D eigenvalue weighted by Gasteiger charge is -2.14. The van der Waals surface area contributed by atoms with Gasteiger partial charge in [0.05, 0.1) is 19.8 Å². The number of ether oxygens (including phenoxy) is 2. The summed E-state index contributed by atoms with van der Waals surface area (Å²) in [6.07, 6.45) is 3.35. The normalized spacial score (nSPS) is 15.3. The van der Waals surface area contributed by atoms with Gasteiger partial charge in [0.2, 0.25) is 0 Å². The van der Waals surface area contributed by atoms with Gasteiger partial charge in [-0.25, -0.2) is 0 Å². The van der Waals surface area contributed by atoms with Crippen molar-refractivity contribution in [2.75, 3.05) is 20.1 Å². The van der Waals surface area contributed by atoms with Crippen LogP contribution in [0.25, 0.3) is 11.1 Å². The molecular weight excluding hydrogens is 353 g/mol.